The molecular weight excluding hydrogens is 374 g/mol. The number of primary amides is 1. The number of aryl methyl sites for hydroxylation is 1. The first-order chi connectivity index (χ1) is 12.4. The van der Waals surface area contributed by atoms with Gasteiger partial charge in [0, 0.05) is 4.88 Å². The first-order valence-electron chi connectivity index (χ1n) is 7.84. The predicted octanol–water partition coefficient (Wildman–Crippen LogP) is 4.64. The van der Waals surface area contributed by atoms with E-state index in [9.17, 15) is 13.6 Å². The van der Waals surface area contributed by atoms with Gasteiger partial charge in [0.15, 0.2) is 4.34 Å². The lowest BCUT2D eigenvalue weighted by atomic mass is 10.0. The molecule has 0 aliphatic carbocycles. The van der Waals surface area contributed by atoms with E-state index in [1.165, 1.54) is 47.4 Å². The van der Waals surface area contributed by atoms with E-state index in [0.29, 0.717) is 0 Å². The van der Waals surface area contributed by atoms with Gasteiger partial charge in [-0.25, -0.2) is 13.8 Å². The Kier molecular flexibility index (Phi) is 5.68. The van der Waals surface area contributed by atoms with Crippen LogP contribution in [0.5, 0.6) is 0 Å². The van der Waals surface area contributed by atoms with Gasteiger partial charge in [0.25, 0.3) is 0 Å². The average Bonchev–Trinajstić information content (AvgIpc) is 2.93. The van der Waals surface area contributed by atoms with Crippen LogP contribution in [0.25, 0.3) is 0 Å². The number of hydrogen-bond donors (Lipinski definition) is 1. The van der Waals surface area contributed by atoms with Gasteiger partial charge in [0.05, 0.1) is 17.4 Å². The Bertz CT molecular complexity index is 863. The van der Waals surface area contributed by atoms with Crippen LogP contribution in [0.3, 0.4) is 0 Å². The average molecular weight is 390 g/mol. The summed E-state index contributed by atoms with van der Waals surface area (Å²) >= 11 is 2.89. The van der Waals surface area contributed by atoms with E-state index < -0.39 is 5.91 Å². The molecule has 0 atom stereocenters. The van der Waals surface area contributed by atoms with Crippen molar-refractivity contribution < 1.29 is 13.6 Å². The number of carbonyl (C=O) groups is 1. The highest BCUT2D eigenvalue weighted by atomic mass is 32.2. The van der Waals surface area contributed by atoms with Crippen LogP contribution in [0.2, 0.25) is 0 Å². The van der Waals surface area contributed by atoms with E-state index in [-0.39, 0.29) is 23.3 Å². The maximum absolute atomic E-state index is 13.3. The summed E-state index contributed by atoms with van der Waals surface area (Å²) in [6, 6.07) is 12.4. The molecule has 0 saturated heterocycles. The number of thiazole rings is 1. The Balaban J connectivity index is 1.94. The summed E-state index contributed by atoms with van der Waals surface area (Å²) in [5.41, 5.74) is 7.81. The van der Waals surface area contributed by atoms with Crippen molar-refractivity contribution in [1.29, 1.82) is 0 Å². The fourth-order valence-corrected chi connectivity index (χ4v) is 5.04. The fraction of sp³-hybridized carbons (Fsp3) is 0.158. The molecule has 1 aromatic heterocycles. The number of nitrogens with two attached hydrogens (primary N) is 1. The SMILES string of the molecule is Cc1nc(SC(c2ccc(F)cc2)c2ccc(F)cc2)sc1CC(N)=O. The second-order valence-corrected chi connectivity index (χ2v) is 8.17. The Hall–Kier alpha value is -2.25. The summed E-state index contributed by atoms with van der Waals surface area (Å²) in [4.78, 5) is 16.5. The number of halogens is 2. The van der Waals surface area contributed by atoms with Crippen molar-refractivity contribution in [1.82, 2.24) is 4.98 Å². The Morgan fingerprint density at radius 2 is 1.58 bits per heavy atom. The molecular formula is C19H16F2N2OS2. The highest BCUT2D eigenvalue weighted by Crippen LogP contribution is 2.42. The van der Waals surface area contributed by atoms with Crippen molar-refractivity contribution >= 4 is 29.0 Å². The van der Waals surface area contributed by atoms with Crippen LogP contribution in [0, 0.1) is 18.6 Å². The van der Waals surface area contributed by atoms with Crippen molar-refractivity contribution in [2.75, 3.05) is 0 Å². The number of benzene rings is 2. The van der Waals surface area contributed by atoms with Crippen LogP contribution in [-0.2, 0) is 11.2 Å². The number of carbonyl (C=O) groups excluding carboxylic acids is 1. The fourth-order valence-electron chi connectivity index (χ4n) is 2.48. The Morgan fingerprint density at radius 1 is 1.08 bits per heavy atom. The smallest absolute Gasteiger partial charge is 0.222 e. The summed E-state index contributed by atoms with van der Waals surface area (Å²) < 4.78 is 27.4. The molecule has 1 amide bonds. The lowest BCUT2D eigenvalue weighted by Gasteiger charge is -2.16. The van der Waals surface area contributed by atoms with Crippen molar-refractivity contribution in [2.24, 2.45) is 5.73 Å². The van der Waals surface area contributed by atoms with Crippen molar-refractivity contribution in [3.8, 4) is 0 Å². The molecule has 0 unspecified atom stereocenters. The van der Waals surface area contributed by atoms with E-state index in [2.05, 4.69) is 4.98 Å². The van der Waals surface area contributed by atoms with Gasteiger partial charge in [-0.05, 0) is 42.3 Å². The summed E-state index contributed by atoms with van der Waals surface area (Å²) in [7, 11) is 0. The normalized spacial score (nSPS) is 11.1. The third kappa shape index (κ3) is 4.47. The van der Waals surface area contributed by atoms with Crippen LogP contribution < -0.4 is 5.73 Å². The van der Waals surface area contributed by atoms with Crippen LogP contribution in [0.4, 0.5) is 8.78 Å². The van der Waals surface area contributed by atoms with Crippen molar-refractivity contribution in [3.63, 3.8) is 0 Å². The molecule has 0 spiro atoms. The van der Waals surface area contributed by atoms with Crippen LogP contribution in [0.15, 0.2) is 52.9 Å². The zero-order valence-corrected chi connectivity index (χ0v) is 15.5. The van der Waals surface area contributed by atoms with Crippen LogP contribution in [-0.4, -0.2) is 10.9 Å². The second kappa shape index (κ2) is 7.97. The third-order valence-electron chi connectivity index (χ3n) is 3.77. The number of hydrogen-bond acceptors (Lipinski definition) is 4. The summed E-state index contributed by atoms with van der Waals surface area (Å²) in [6.45, 7) is 1.84. The molecule has 2 aromatic carbocycles. The zero-order valence-electron chi connectivity index (χ0n) is 13.9. The minimum absolute atomic E-state index is 0.155. The quantitative estimate of drug-likeness (QED) is 0.624. The molecule has 3 nitrogen and oxygen atoms in total. The number of nitrogens with zero attached hydrogens (tertiary/aromatic N) is 1. The molecule has 0 fully saturated rings. The van der Waals surface area contributed by atoms with Crippen molar-refractivity contribution in [3.05, 3.63) is 81.9 Å². The number of aromatic nitrogens is 1. The molecule has 0 aliphatic rings. The maximum Gasteiger partial charge on any atom is 0.222 e. The van der Waals surface area contributed by atoms with Crippen LogP contribution >= 0.6 is 23.1 Å². The van der Waals surface area contributed by atoms with Crippen LogP contribution in [0.1, 0.15) is 26.9 Å². The summed E-state index contributed by atoms with van der Waals surface area (Å²) in [6.07, 6.45) is 0.155. The zero-order chi connectivity index (χ0) is 18.7. The van der Waals surface area contributed by atoms with E-state index in [1.807, 2.05) is 6.92 Å². The number of rotatable bonds is 6. The third-order valence-corrected chi connectivity index (χ3v) is 6.34. The molecule has 0 saturated carbocycles. The summed E-state index contributed by atoms with van der Waals surface area (Å²) in [5.74, 6) is -1.03. The van der Waals surface area contributed by atoms with Gasteiger partial charge in [-0.1, -0.05) is 36.0 Å². The van der Waals surface area contributed by atoms with E-state index >= 15 is 0 Å². The second-order valence-electron chi connectivity index (χ2n) is 5.73. The Labute approximate surface area is 158 Å². The molecule has 26 heavy (non-hydrogen) atoms. The Morgan fingerprint density at radius 3 is 2.04 bits per heavy atom. The molecule has 2 N–H and O–H groups in total. The van der Waals surface area contributed by atoms with Gasteiger partial charge in [-0.2, -0.15) is 0 Å². The molecule has 3 aromatic rings. The molecule has 7 heteroatoms. The minimum Gasteiger partial charge on any atom is -0.369 e. The highest BCUT2D eigenvalue weighted by molar-refractivity contribution is 8.01. The van der Waals surface area contributed by atoms with E-state index in [0.717, 1.165) is 26.0 Å². The largest absolute Gasteiger partial charge is 0.369 e. The molecule has 0 radical (unpaired) electrons. The van der Waals surface area contributed by atoms with E-state index in [1.54, 1.807) is 24.3 Å². The first kappa shape index (κ1) is 18.5. The van der Waals surface area contributed by atoms with E-state index in [4.69, 9.17) is 5.73 Å². The van der Waals surface area contributed by atoms with Gasteiger partial charge in [-0.15, -0.1) is 11.3 Å². The van der Waals surface area contributed by atoms with Gasteiger partial charge < -0.3 is 5.73 Å². The first-order valence-corrected chi connectivity index (χ1v) is 9.54. The molecule has 0 bridgehead atoms. The van der Waals surface area contributed by atoms with Gasteiger partial charge >= 0.3 is 0 Å². The maximum atomic E-state index is 13.3. The number of amides is 1. The minimum atomic E-state index is -0.401. The summed E-state index contributed by atoms with van der Waals surface area (Å²) in [5, 5.41) is -0.178. The lowest BCUT2D eigenvalue weighted by molar-refractivity contribution is -0.117. The molecule has 3 rings (SSSR count). The molecule has 0 aliphatic heterocycles. The highest BCUT2D eigenvalue weighted by Gasteiger charge is 2.20. The van der Waals surface area contributed by atoms with Gasteiger partial charge in [0.2, 0.25) is 5.91 Å². The predicted molar refractivity (Wildman–Crippen MR) is 100 cm³/mol. The van der Waals surface area contributed by atoms with Crippen molar-refractivity contribution in [2.45, 2.75) is 22.9 Å². The molecule has 1 heterocycles. The monoisotopic (exact) mass is 390 g/mol. The topological polar surface area (TPSA) is 56.0 Å². The van der Waals surface area contributed by atoms with Gasteiger partial charge in [0.1, 0.15) is 11.6 Å². The standard InChI is InChI=1S/C19H16F2N2OS2/c1-11-16(10-17(22)24)25-19(23-11)26-18(12-2-6-14(20)7-3-12)13-4-8-15(21)9-5-13/h2-9,18H,10H2,1H3,(H2,22,24). The molecule has 134 valence electrons. The lowest BCUT2D eigenvalue weighted by Crippen LogP contribution is -2.13. The van der Waals surface area contributed by atoms with Gasteiger partial charge in [-0.3, -0.25) is 4.79 Å². The number of thioether (sulfide) groups is 1.